The van der Waals surface area contributed by atoms with Crippen molar-refractivity contribution in [3.63, 3.8) is 0 Å². The van der Waals surface area contributed by atoms with E-state index in [0.29, 0.717) is 25.4 Å². The van der Waals surface area contributed by atoms with Crippen LogP contribution in [0.15, 0.2) is 30.7 Å². The fourth-order valence-corrected chi connectivity index (χ4v) is 2.75. The summed E-state index contributed by atoms with van der Waals surface area (Å²) in [6.45, 7) is 1.17. The summed E-state index contributed by atoms with van der Waals surface area (Å²) in [6, 6.07) is 4.83. The number of hydrogen-bond acceptors (Lipinski definition) is 5. The maximum Gasteiger partial charge on any atom is 0.189 e. The smallest absolute Gasteiger partial charge is 0.189 e. The van der Waals surface area contributed by atoms with E-state index in [9.17, 15) is 4.39 Å². The van der Waals surface area contributed by atoms with E-state index >= 15 is 0 Å². The van der Waals surface area contributed by atoms with E-state index in [4.69, 9.17) is 9.47 Å². The average molecular weight is 314 g/mol. The molecule has 3 heterocycles. The first kappa shape index (κ1) is 14.0. The lowest BCUT2D eigenvalue weighted by Crippen LogP contribution is -2.15. The van der Waals surface area contributed by atoms with Crippen molar-refractivity contribution >= 4 is 16.9 Å². The molecule has 0 fully saturated rings. The number of H-pyrrole nitrogens is 1. The highest BCUT2D eigenvalue weighted by Crippen LogP contribution is 2.29. The lowest BCUT2D eigenvalue weighted by Gasteiger charge is -2.21. The van der Waals surface area contributed by atoms with Gasteiger partial charge in [-0.3, -0.25) is 0 Å². The molecule has 0 aliphatic carbocycles. The third-order valence-corrected chi connectivity index (χ3v) is 3.78. The zero-order valence-corrected chi connectivity index (χ0v) is 12.3. The lowest BCUT2D eigenvalue weighted by molar-refractivity contribution is -0.0172. The Morgan fingerprint density at radius 1 is 1.30 bits per heavy atom. The molecule has 2 aromatic heterocycles. The first-order valence-electron chi connectivity index (χ1n) is 7.35. The Morgan fingerprint density at radius 2 is 2.26 bits per heavy atom. The van der Waals surface area contributed by atoms with E-state index in [1.54, 1.807) is 12.5 Å². The number of rotatable bonds is 4. The number of hydrogen-bond donors (Lipinski definition) is 2. The molecule has 0 saturated carbocycles. The largest absolute Gasteiger partial charge is 0.467 e. The monoisotopic (exact) mass is 314 g/mol. The molecular formula is C16H15FN4O2. The van der Waals surface area contributed by atoms with Gasteiger partial charge in [-0.2, -0.15) is 0 Å². The summed E-state index contributed by atoms with van der Waals surface area (Å²) in [7, 11) is 0. The minimum Gasteiger partial charge on any atom is -0.467 e. The topological polar surface area (TPSA) is 72.1 Å². The summed E-state index contributed by atoms with van der Waals surface area (Å²) < 4.78 is 24.4. The standard InChI is InChI=1S/C16H15FN4O2/c17-12-5-10(15-11(6-12)7-22-9-23-15)1-3-18-16-14-13(2-4-19-16)20-8-21-14/h2,4-6,8H,1,3,7,9H2,(H,18,19)(H,20,21). The van der Waals surface area contributed by atoms with Gasteiger partial charge in [-0.05, 0) is 30.2 Å². The molecule has 118 valence electrons. The highest BCUT2D eigenvalue weighted by molar-refractivity contribution is 5.85. The molecule has 0 spiro atoms. The van der Waals surface area contributed by atoms with Crippen molar-refractivity contribution in [1.82, 2.24) is 15.0 Å². The van der Waals surface area contributed by atoms with Gasteiger partial charge in [0.05, 0.1) is 18.5 Å². The molecule has 0 amide bonds. The minimum absolute atomic E-state index is 0.202. The van der Waals surface area contributed by atoms with E-state index in [1.165, 1.54) is 12.1 Å². The van der Waals surface area contributed by atoms with E-state index in [-0.39, 0.29) is 12.6 Å². The number of anilines is 1. The van der Waals surface area contributed by atoms with Crippen molar-refractivity contribution < 1.29 is 13.9 Å². The second-order valence-corrected chi connectivity index (χ2v) is 5.30. The summed E-state index contributed by atoms with van der Waals surface area (Å²) >= 11 is 0. The predicted octanol–water partition coefficient (Wildman–Crippen LogP) is 2.62. The molecular weight excluding hydrogens is 299 g/mol. The van der Waals surface area contributed by atoms with E-state index < -0.39 is 0 Å². The number of aromatic nitrogens is 3. The number of imidazole rings is 1. The van der Waals surface area contributed by atoms with Crippen molar-refractivity contribution in [2.75, 3.05) is 18.7 Å². The summed E-state index contributed by atoms with van der Waals surface area (Å²) in [5.41, 5.74) is 3.29. The molecule has 23 heavy (non-hydrogen) atoms. The quantitative estimate of drug-likeness (QED) is 0.774. The highest BCUT2D eigenvalue weighted by Gasteiger charge is 2.16. The summed E-state index contributed by atoms with van der Waals surface area (Å²) in [4.78, 5) is 11.6. The van der Waals surface area contributed by atoms with Crippen LogP contribution in [-0.2, 0) is 17.8 Å². The Balaban J connectivity index is 1.51. The summed E-state index contributed by atoms with van der Waals surface area (Å²) in [5, 5.41) is 3.25. The lowest BCUT2D eigenvalue weighted by atomic mass is 10.1. The van der Waals surface area contributed by atoms with E-state index in [2.05, 4.69) is 20.3 Å². The molecule has 0 radical (unpaired) electrons. The van der Waals surface area contributed by atoms with Crippen LogP contribution in [0, 0.1) is 5.82 Å². The van der Waals surface area contributed by atoms with Crippen LogP contribution >= 0.6 is 0 Å². The fourth-order valence-electron chi connectivity index (χ4n) is 2.75. The maximum atomic E-state index is 13.7. The van der Waals surface area contributed by atoms with Crippen LogP contribution in [0.4, 0.5) is 10.2 Å². The van der Waals surface area contributed by atoms with Gasteiger partial charge in [0.25, 0.3) is 0 Å². The van der Waals surface area contributed by atoms with Crippen molar-refractivity contribution in [3.05, 3.63) is 47.7 Å². The van der Waals surface area contributed by atoms with Crippen molar-refractivity contribution in [3.8, 4) is 5.75 Å². The van der Waals surface area contributed by atoms with Crippen LogP contribution in [-0.4, -0.2) is 28.3 Å². The number of fused-ring (bicyclic) bond motifs is 2. The van der Waals surface area contributed by atoms with Crippen molar-refractivity contribution in [1.29, 1.82) is 0 Å². The number of aromatic amines is 1. The molecule has 0 unspecified atom stereocenters. The van der Waals surface area contributed by atoms with Crippen LogP contribution in [0.25, 0.3) is 11.0 Å². The second-order valence-electron chi connectivity index (χ2n) is 5.30. The Kier molecular flexibility index (Phi) is 3.55. The van der Waals surface area contributed by atoms with E-state index in [0.717, 1.165) is 27.9 Å². The van der Waals surface area contributed by atoms with Gasteiger partial charge in [-0.1, -0.05) is 0 Å². The number of pyridine rings is 1. The summed E-state index contributed by atoms with van der Waals surface area (Å²) in [6.07, 6.45) is 3.96. The molecule has 1 aromatic carbocycles. The van der Waals surface area contributed by atoms with Gasteiger partial charge in [-0.25, -0.2) is 14.4 Å². The van der Waals surface area contributed by atoms with Crippen LogP contribution in [0.5, 0.6) is 5.75 Å². The molecule has 3 aromatic rings. The Hall–Kier alpha value is -2.67. The first-order chi connectivity index (χ1) is 11.3. The van der Waals surface area contributed by atoms with Crippen molar-refractivity contribution in [2.24, 2.45) is 0 Å². The molecule has 7 heteroatoms. The zero-order chi connectivity index (χ0) is 15.6. The Bertz CT molecular complexity index is 849. The van der Waals surface area contributed by atoms with Gasteiger partial charge >= 0.3 is 0 Å². The third kappa shape index (κ3) is 2.70. The normalized spacial score (nSPS) is 13.6. The fraction of sp³-hybridized carbons (Fsp3) is 0.250. The SMILES string of the molecule is Fc1cc(CCNc2nccc3[nH]cnc23)c2c(c1)COCO2. The summed E-state index contributed by atoms with van der Waals surface area (Å²) in [5.74, 6) is 1.16. The molecule has 2 N–H and O–H groups in total. The minimum atomic E-state index is -0.277. The highest BCUT2D eigenvalue weighted by atomic mass is 19.1. The molecule has 1 aliphatic heterocycles. The van der Waals surface area contributed by atoms with Crippen LogP contribution < -0.4 is 10.1 Å². The van der Waals surface area contributed by atoms with E-state index in [1.807, 2.05) is 6.07 Å². The maximum absolute atomic E-state index is 13.7. The van der Waals surface area contributed by atoms with Crippen molar-refractivity contribution in [2.45, 2.75) is 13.0 Å². The molecule has 0 saturated heterocycles. The molecule has 4 rings (SSSR count). The first-order valence-corrected chi connectivity index (χ1v) is 7.35. The Morgan fingerprint density at radius 3 is 3.22 bits per heavy atom. The molecule has 6 nitrogen and oxygen atoms in total. The van der Waals surface area contributed by atoms with Gasteiger partial charge in [0, 0.05) is 18.3 Å². The van der Waals surface area contributed by atoms with Crippen LogP contribution in [0.1, 0.15) is 11.1 Å². The Labute approximate surface area is 131 Å². The number of nitrogens with one attached hydrogen (secondary N) is 2. The van der Waals surface area contributed by atoms with Gasteiger partial charge in [-0.15, -0.1) is 0 Å². The zero-order valence-electron chi connectivity index (χ0n) is 12.3. The van der Waals surface area contributed by atoms with Gasteiger partial charge < -0.3 is 19.8 Å². The average Bonchev–Trinajstić information content (AvgIpc) is 3.04. The number of halogens is 1. The number of benzene rings is 1. The molecule has 1 aliphatic rings. The molecule has 0 bridgehead atoms. The van der Waals surface area contributed by atoms with Gasteiger partial charge in [0.15, 0.2) is 12.6 Å². The molecule has 0 atom stereocenters. The predicted molar refractivity (Wildman–Crippen MR) is 82.8 cm³/mol. The van der Waals surface area contributed by atoms with Crippen LogP contribution in [0.2, 0.25) is 0 Å². The second kappa shape index (κ2) is 5.85. The number of nitrogens with zero attached hydrogens (tertiary/aromatic N) is 2. The van der Waals surface area contributed by atoms with Gasteiger partial charge in [0.1, 0.15) is 17.1 Å². The number of ether oxygens (including phenoxy) is 2. The third-order valence-electron chi connectivity index (χ3n) is 3.78. The van der Waals surface area contributed by atoms with Crippen LogP contribution in [0.3, 0.4) is 0 Å². The van der Waals surface area contributed by atoms with Gasteiger partial charge in [0.2, 0.25) is 0 Å².